The van der Waals surface area contributed by atoms with E-state index in [4.69, 9.17) is 9.47 Å². The van der Waals surface area contributed by atoms with Gasteiger partial charge in [-0.15, -0.1) is 0 Å². The Bertz CT molecular complexity index is 1140. The quantitative estimate of drug-likeness (QED) is 0.542. The number of sulfonamides is 1. The van der Waals surface area contributed by atoms with Gasteiger partial charge in [0.15, 0.2) is 6.61 Å². The van der Waals surface area contributed by atoms with Gasteiger partial charge in [0.25, 0.3) is 5.91 Å². The van der Waals surface area contributed by atoms with Gasteiger partial charge in [0.2, 0.25) is 10.0 Å². The fraction of sp³-hybridized carbons (Fsp3) is 0.348. The van der Waals surface area contributed by atoms with Crippen LogP contribution in [0, 0.1) is 0 Å². The van der Waals surface area contributed by atoms with E-state index in [-0.39, 0.29) is 22.8 Å². The minimum absolute atomic E-state index is 0.0491. The summed E-state index contributed by atoms with van der Waals surface area (Å²) in [6, 6.07) is 12.1. The van der Waals surface area contributed by atoms with E-state index >= 15 is 0 Å². The highest BCUT2D eigenvalue weighted by Crippen LogP contribution is 2.28. The lowest BCUT2D eigenvalue weighted by Crippen LogP contribution is -2.49. The molecule has 0 saturated heterocycles. The number of imide groups is 1. The average molecular weight is 492 g/mol. The third-order valence-corrected chi connectivity index (χ3v) is 6.24. The molecule has 2 aromatic rings. The molecule has 0 aliphatic carbocycles. The van der Waals surface area contributed by atoms with Crippen LogP contribution in [0.5, 0.6) is 5.75 Å². The van der Waals surface area contributed by atoms with Crippen molar-refractivity contribution in [3.8, 4) is 5.75 Å². The molecule has 184 valence electrons. The highest BCUT2D eigenvalue weighted by molar-refractivity contribution is 7.89. The third-order valence-electron chi connectivity index (χ3n) is 4.41. The average Bonchev–Trinajstić information content (AvgIpc) is 2.76. The Balaban J connectivity index is 2.13. The van der Waals surface area contributed by atoms with Crippen LogP contribution >= 0.6 is 0 Å². The van der Waals surface area contributed by atoms with Crippen LogP contribution in [0.3, 0.4) is 0 Å². The minimum atomic E-state index is -4.03. The van der Waals surface area contributed by atoms with Gasteiger partial charge in [0, 0.05) is 19.1 Å². The number of benzene rings is 2. The van der Waals surface area contributed by atoms with Crippen LogP contribution in [0.2, 0.25) is 0 Å². The Morgan fingerprint density at radius 3 is 2.26 bits per heavy atom. The van der Waals surface area contributed by atoms with Gasteiger partial charge in [-0.1, -0.05) is 30.3 Å². The van der Waals surface area contributed by atoms with Crippen LogP contribution in [0.15, 0.2) is 53.4 Å². The molecule has 0 spiro atoms. The summed E-state index contributed by atoms with van der Waals surface area (Å²) < 4.78 is 37.6. The molecule has 3 amide bonds. The number of nitrogens with zero attached hydrogens (tertiary/aromatic N) is 1. The number of methoxy groups -OCH3 is 1. The van der Waals surface area contributed by atoms with Gasteiger partial charge >= 0.3 is 12.0 Å². The Morgan fingerprint density at radius 2 is 1.68 bits per heavy atom. The largest absolute Gasteiger partial charge is 0.495 e. The lowest BCUT2D eigenvalue weighted by atomic mass is 10.1. The van der Waals surface area contributed by atoms with Crippen molar-refractivity contribution in [1.29, 1.82) is 0 Å². The number of hydrogen-bond acceptors (Lipinski definition) is 7. The number of hydrogen-bond donors (Lipinski definition) is 2. The third kappa shape index (κ3) is 7.56. The van der Waals surface area contributed by atoms with Crippen molar-refractivity contribution < 1.29 is 32.3 Å². The summed E-state index contributed by atoms with van der Waals surface area (Å²) in [5, 5.41) is 4.58. The van der Waals surface area contributed by atoms with Crippen molar-refractivity contribution in [2.24, 2.45) is 0 Å². The van der Waals surface area contributed by atoms with Gasteiger partial charge in [-0.3, -0.25) is 10.1 Å². The highest BCUT2D eigenvalue weighted by atomic mass is 32.2. The van der Waals surface area contributed by atoms with E-state index in [1.54, 1.807) is 45.0 Å². The van der Waals surface area contributed by atoms with Crippen molar-refractivity contribution in [2.75, 3.05) is 20.8 Å². The molecule has 0 atom stereocenters. The zero-order valence-corrected chi connectivity index (χ0v) is 20.6. The molecule has 0 saturated carbocycles. The molecular weight excluding hydrogens is 462 g/mol. The van der Waals surface area contributed by atoms with Crippen molar-refractivity contribution in [2.45, 2.75) is 37.8 Å². The normalized spacial score (nSPS) is 11.6. The molecule has 0 bridgehead atoms. The summed E-state index contributed by atoms with van der Waals surface area (Å²) >= 11 is 0. The SMILES string of the molecule is COc1ccc(C(=O)OCC(=O)NC(=O)NC(C)(C)C)cc1S(=O)(=O)N(C)Cc1ccccc1. The maximum atomic E-state index is 13.2. The first kappa shape index (κ1) is 26.8. The Morgan fingerprint density at radius 1 is 1.03 bits per heavy atom. The van der Waals surface area contributed by atoms with E-state index in [9.17, 15) is 22.8 Å². The van der Waals surface area contributed by atoms with Gasteiger partial charge in [-0.2, -0.15) is 4.31 Å². The van der Waals surface area contributed by atoms with E-state index in [1.807, 2.05) is 11.4 Å². The second-order valence-electron chi connectivity index (χ2n) is 8.44. The predicted octanol–water partition coefficient (Wildman–Crippen LogP) is 2.30. The van der Waals surface area contributed by atoms with Gasteiger partial charge in [-0.25, -0.2) is 18.0 Å². The summed E-state index contributed by atoms with van der Waals surface area (Å²) in [5.41, 5.74) is 0.128. The number of ether oxygens (including phenoxy) is 2. The number of rotatable bonds is 8. The van der Waals surface area contributed by atoms with Crippen molar-refractivity contribution >= 4 is 27.9 Å². The summed E-state index contributed by atoms with van der Waals surface area (Å²) in [7, 11) is -1.30. The number of amides is 3. The number of nitrogens with one attached hydrogen (secondary N) is 2. The molecule has 2 rings (SSSR count). The first-order valence-corrected chi connectivity index (χ1v) is 11.7. The maximum Gasteiger partial charge on any atom is 0.338 e. The molecule has 2 aromatic carbocycles. The fourth-order valence-corrected chi connectivity index (χ4v) is 4.18. The molecule has 0 aliphatic rings. The van der Waals surface area contributed by atoms with E-state index in [1.165, 1.54) is 26.3 Å². The van der Waals surface area contributed by atoms with Gasteiger partial charge in [0.05, 0.1) is 12.7 Å². The second kappa shape index (κ2) is 11.1. The molecular formula is C23H29N3O7S. The first-order valence-electron chi connectivity index (χ1n) is 10.3. The highest BCUT2D eigenvalue weighted by Gasteiger charge is 2.27. The standard InChI is InChI=1S/C23H29N3O7S/c1-23(2,3)25-22(29)24-20(27)15-33-21(28)17-11-12-18(32-5)19(13-17)34(30,31)26(4)14-16-9-7-6-8-10-16/h6-13H,14-15H2,1-5H3,(H2,24,25,27,29). The Hall–Kier alpha value is -3.44. The molecule has 11 heteroatoms. The Labute approximate surface area is 199 Å². The number of carbonyl (C=O) groups is 3. The lowest BCUT2D eigenvalue weighted by molar-refractivity contribution is -0.123. The molecule has 2 N–H and O–H groups in total. The summed E-state index contributed by atoms with van der Waals surface area (Å²) in [5.74, 6) is -1.72. The van der Waals surface area contributed by atoms with Crippen LogP contribution in [0.1, 0.15) is 36.7 Å². The van der Waals surface area contributed by atoms with Crippen molar-refractivity contribution in [3.63, 3.8) is 0 Å². The van der Waals surface area contributed by atoms with E-state index in [2.05, 4.69) is 5.32 Å². The molecule has 34 heavy (non-hydrogen) atoms. The van der Waals surface area contributed by atoms with Crippen LogP contribution in [0.25, 0.3) is 0 Å². The molecule has 0 heterocycles. The van der Waals surface area contributed by atoms with Crippen LogP contribution in [-0.2, 0) is 26.1 Å². The molecule has 0 radical (unpaired) electrons. The van der Waals surface area contributed by atoms with Crippen molar-refractivity contribution in [3.05, 3.63) is 59.7 Å². The fourth-order valence-electron chi connectivity index (χ4n) is 2.85. The summed E-state index contributed by atoms with van der Waals surface area (Å²) in [4.78, 5) is 35.9. The number of esters is 1. The van der Waals surface area contributed by atoms with Gasteiger partial charge in [0.1, 0.15) is 10.6 Å². The van der Waals surface area contributed by atoms with Gasteiger partial charge < -0.3 is 14.8 Å². The smallest absolute Gasteiger partial charge is 0.338 e. The Kier molecular flexibility index (Phi) is 8.77. The van der Waals surface area contributed by atoms with Crippen LogP contribution in [0.4, 0.5) is 4.79 Å². The summed E-state index contributed by atoms with van der Waals surface area (Å²) in [6.07, 6.45) is 0. The van der Waals surface area contributed by atoms with E-state index < -0.39 is 40.1 Å². The van der Waals surface area contributed by atoms with E-state index in [0.29, 0.717) is 0 Å². The molecule has 0 aromatic heterocycles. The van der Waals surface area contributed by atoms with Crippen molar-refractivity contribution in [1.82, 2.24) is 14.9 Å². The molecule has 10 nitrogen and oxygen atoms in total. The first-order chi connectivity index (χ1) is 15.8. The molecule has 0 fully saturated rings. The van der Waals surface area contributed by atoms with Crippen LogP contribution < -0.4 is 15.4 Å². The lowest BCUT2D eigenvalue weighted by Gasteiger charge is -2.20. The maximum absolute atomic E-state index is 13.2. The molecule has 0 unspecified atom stereocenters. The number of carbonyl (C=O) groups excluding carboxylic acids is 3. The second-order valence-corrected chi connectivity index (χ2v) is 10.5. The number of urea groups is 1. The zero-order chi connectivity index (χ0) is 25.5. The molecule has 0 aliphatic heterocycles. The predicted molar refractivity (Wildman–Crippen MR) is 125 cm³/mol. The van der Waals surface area contributed by atoms with Gasteiger partial charge in [-0.05, 0) is 44.5 Å². The monoisotopic (exact) mass is 491 g/mol. The minimum Gasteiger partial charge on any atom is -0.495 e. The zero-order valence-electron chi connectivity index (χ0n) is 19.7. The van der Waals surface area contributed by atoms with E-state index in [0.717, 1.165) is 15.9 Å². The summed E-state index contributed by atoms with van der Waals surface area (Å²) in [6.45, 7) is 4.60. The topological polar surface area (TPSA) is 131 Å². The van der Waals surface area contributed by atoms with Crippen LogP contribution in [-0.4, -0.2) is 56.9 Å².